The van der Waals surface area contributed by atoms with Crippen molar-refractivity contribution in [2.75, 3.05) is 0 Å². The van der Waals surface area contributed by atoms with E-state index in [-0.39, 0.29) is 24.3 Å². The minimum atomic E-state index is -1.000. The molecule has 0 spiro atoms. The molecule has 8 nitrogen and oxygen atoms in total. The standard InChI is InChI=1S/C17H24N2O6/c1-11(20)25-9-12-6-7-13(19(23)24)8-14(12)15(21)18-16(2,3)10-17(4,5)22/h6-8,22H,9-10H2,1-5H3,(H,18,21). The highest BCUT2D eigenvalue weighted by Gasteiger charge is 2.29. The number of benzene rings is 1. The summed E-state index contributed by atoms with van der Waals surface area (Å²) >= 11 is 0. The predicted octanol–water partition coefficient (Wildman–Crippen LogP) is 2.33. The molecule has 2 N–H and O–H groups in total. The smallest absolute Gasteiger partial charge is 0.302 e. The second-order valence-electron chi connectivity index (χ2n) is 7.21. The second-order valence-corrected chi connectivity index (χ2v) is 7.21. The maximum absolute atomic E-state index is 12.6. The van der Waals surface area contributed by atoms with E-state index in [1.54, 1.807) is 27.7 Å². The van der Waals surface area contributed by atoms with E-state index < -0.39 is 27.9 Å². The van der Waals surface area contributed by atoms with E-state index in [0.29, 0.717) is 5.56 Å². The summed E-state index contributed by atoms with van der Waals surface area (Å²) < 4.78 is 4.90. The molecule has 0 atom stereocenters. The Labute approximate surface area is 146 Å². The van der Waals surface area contributed by atoms with Gasteiger partial charge in [-0.1, -0.05) is 0 Å². The van der Waals surface area contributed by atoms with Gasteiger partial charge in [-0.25, -0.2) is 0 Å². The van der Waals surface area contributed by atoms with Crippen LogP contribution in [0.25, 0.3) is 0 Å². The van der Waals surface area contributed by atoms with Crippen molar-refractivity contribution in [3.63, 3.8) is 0 Å². The molecule has 1 aromatic rings. The Balaban J connectivity index is 3.13. The lowest BCUT2D eigenvalue weighted by atomic mass is 9.89. The molecule has 0 bridgehead atoms. The van der Waals surface area contributed by atoms with Gasteiger partial charge < -0.3 is 15.2 Å². The first-order chi connectivity index (χ1) is 11.3. The molecule has 0 aliphatic heterocycles. The third kappa shape index (κ3) is 6.88. The number of non-ortho nitro benzene ring substituents is 1. The minimum absolute atomic E-state index is 0.0549. The number of hydrogen-bond donors (Lipinski definition) is 2. The monoisotopic (exact) mass is 352 g/mol. The van der Waals surface area contributed by atoms with Crippen molar-refractivity contribution in [2.24, 2.45) is 0 Å². The van der Waals surface area contributed by atoms with Crippen LogP contribution in [0.3, 0.4) is 0 Å². The van der Waals surface area contributed by atoms with Crippen LogP contribution in [0.5, 0.6) is 0 Å². The number of esters is 1. The van der Waals surface area contributed by atoms with Crippen LogP contribution in [0.4, 0.5) is 5.69 Å². The molecule has 25 heavy (non-hydrogen) atoms. The van der Waals surface area contributed by atoms with E-state index in [2.05, 4.69) is 5.32 Å². The molecule has 1 amide bonds. The van der Waals surface area contributed by atoms with Crippen LogP contribution in [0.1, 0.15) is 57.0 Å². The van der Waals surface area contributed by atoms with E-state index in [1.807, 2.05) is 0 Å². The fourth-order valence-electron chi connectivity index (χ4n) is 2.70. The number of nitrogens with one attached hydrogen (secondary N) is 1. The molecule has 0 aromatic heterocycles. The zero-order valence-electron chi connectivity index (χ0n) is 15.1. The first-order valence-electron chi connectivity index (χ1n) is 7.76. The normalized spacial score (nSPS) is 11.8. The Morgan fingerprint density at radius 2 is 1.88 bits per heavy atom. The Morgan fingerprint density at radius 3 is 2.36 bits per heavy atom. The minimum Gasteiger partial charge on any atom is -0.461 e. The third-order valence-electron chi connectivity index (χ3n) is 3.31. The summed E-state index contributed by atoms with van der Waals surface area (Å²) in [6, 6.07) is 3.78. The molecule has 0 aliphatic carbocycles. The Morgan fingerprint density at radius 1 is 1.28 bits per heavy atom. The van der Waals surface area contributed by atoms with Crippen molar-refractivity contribution < 1.29 is 24.4 Å². The quantitative estimate of drug-likeness (QED) is 0.441. The SMILES string of the molecule is CC(=O)OCc1ccc([N+](=O)[O-])cc1C(=O)NC(C)(C)CC(C)(C)O. The summed E-state index contributed by atoms with van der Waals surface area (Å²) in [5.74, 6) is -1.06. The van der Waals surface area contributed by atoms with E-state index in [4.69, 9.17) is 4.74 Å². The van der Waals surface area contributed by atoms with Gasteiger partial charge in [0.2, 0.25) is 0 Å². The van der Waals surface area contributed by atoms with Gasteiger partial charge >= 0.3 is 5.97 Å². The summed E-state index contributed by atoms with van der Waals surface area (Å²) in [6.07, 6.45) is 0.278. The van der Waals surface area contributed by atoms with Crippen molar-refractivity contribution in [1.29, 1.82) is 0 Å². The summed E-state index contributed by atoms with van der Waals surface area (Å²) in [4.78, 5) is 34.0. The zero-order valence-corrected chi connectivity index (χ0v) is 15.1. The molecule has 0 aliphatic rings. The number of nitro benzene ring substituents is 1. The van der Waals surface area contributed by atoms with Crippen LogP contribution in [0, 0.1) is 10.1 Å². The maximum atomic E-state index is 12.6. The Bertz CT molecular complexity index is 676. The van der Waals surface area contributed by atoms with Crippen LogP contribution >= 0.6 is 0 Å². The summed E-state index contributed by atoms with van der Waals surface area (Å²) in [5, 5.41) is 23.7. The topological polar surface area (TPSA) is 119 Å². The number of carbonyl (C=O) groups is 2. The number of carbonyl (C=O) groups excluding carboxylic acids is 2. The van der Waals surface area contributed by atoms with Crippen LogP contribution in [0.15, 0.2) is 18.2 Å². The van der Waals surface area contributed by atoms with E-state index in [0.717, 1.165) is 6.07 Å². The van der Waals surface area contributed by atoms with Gasteiger partial charge in [-0.2, -0.15) is 0 Å². The molecule has 0 saturated heterocycles. The molecule has 1 aromatic carbocycles. The predicted molar refractivity (Wildman–Crippen MR) is 91.0 cm³/mol. The lowest BCUT2D eigenvalue weighted by Gasteiger charge is -2.32. The number of aliphatic hydroxyl groups is 1. The van der Waals surface area contributed by atoms with Crippen LogP contribution in [-0.2, 0) is 16.1 Å². The average Bonchev–Trinajstić information content (AvgIpc) is 2.41. The maximum Gasteiger partial charge on any atom is 0.302 e. The average molecular weight is 352 g/mol. The highest BCUT2D eigenvalue weighted by atomic mass is 16.6. The summed E-state index contributed by atoms with van der Waals surface area (Å²) in [5.41, 5.74) is -1.58. The molecule has 0 heterocycles. The number of ether oxygens (including phenoxy) is 1. The van der Waals surface area contributed by atoms with Gasteiger partial charge in [0.25, 0.3) is 11.6 Å². The highest BCUT2D eigenvalue weighted by Crippen LogP contribution is 2.23. The van der Waals surface area contributed by atoms with Crippen molar-refractivity contribution in [3.05, 3.63) is 39.4 Å². The number of amides is 1. The third-order valence-corrected chi connectivity index (χ3v) is 3.31. The molecule has 0 saturated carbocycles. The zero-order chi connectivity index (χ0) is 19.4. The molecule has 0 radical (unpaired) electrons. The number of rotatable bonds is 7. The molecule has 0 unspecified atom stereocenters. The summed E-state index contributed by atoms with van der Waals surface area (Å²) in [6.45, 7) is 7.80. The van der Waals surface area contributed by atoms with Gasteiger partial charge in [0.15, 0.2) is 0 Å². The van der Waals surface area contributed by atoms with Crippen molar-refractivity contribution in [2.45, 2.75) is 58.8 Å². The lowest BCUT2D eigenvalue weighted by Crippen LogP contribution is -2.48. The fourth-order valence-corrected chi connectivity index (χ4v) is 2.70. The van der Waals surface area contributed by atoms with Crippen LogP contribution in [0.2, 0.25) is 0 Å². The number of nitro groups is 1. The molecular weight excluding hydrogens is 328 g/mol. The van der Waals surface area contributed by atoms with Gasteiger partial charge in [0, 0.05) is 30.2 Å². The van der Waals surface area contributed by atoms with Crippen molar-refractivity contribution >= 4 is 17.6 Å². The van der Waals surface area contributed by atoms with Crippen LogP contribution < -0.4 is 5.32 Å². The fraction of sp³-hybridized carbons (Fsp3) is 0.529. The molecule has 0 fully saturated rings. The first-order valence-corrected chi connectivity index (χ1v) is 7.76. The largest absolute Gasteiger partial charge is 0.461 e. The highest BCUT2D eigenvalue weighted by molar-refractivity contribution is 5.96. The van der Waals surface area contributed by atoms with Gasteiger partial charge in [-0.05, 0) is 40.2 Å². The van der Waals surface area contributed by atoms with Crippen LogP contribution in [-0.4, -0.2) is 33.0 Å². The van der Waals surface area contributed by atoms with Gasteiger partial charge in [0.1, 0.15) is 6.61 Å². The van der Waals surface area contributed by atoms with Gasteiger partial charge in [-0.3, -0.25) is 19.7 Å². The Kier molecular flexibility index (Phi) is 6.26. The molecule has 1 rings (SSSR count). The molecular formula is C17H24N2O6. The first kappa shape index (κ1) is 20.6. The summed E-state index contributed by atoms with van der Waals surface area (Å²) in [7, 11) is 0. The van der Waals surface area contributed by atoms with Gasteiger partial charge in [0.05, 0.1) is 16.1 Å². The molecule has 138 valence electrons. The van der Waals surface area contributed by atoms with Crippen molar-refractivity contribution in [3.8, 4) is 0 Å². The molecule has 8 heteroatoms. The van der Waals surface area contributed by atoms with E-state index in [1.165, 1.54) is 19.1 Å². The lowest BCUT2D eigenvalue weighted by molar-refractivity contribution is -0.384. The number of nitrogens with zero attached hydrogens (tertiary/aromatic N) is 1. The Hall–Kier alpha value is -2.48. The second kappa shape index (κ2) is 7.60. The van der Waals surface area contributed by atoms with E-state index in [9.17, 15) is 24.8 Å². The van der Waals surface area contributed by atoms with E-state index >= 15 is 0 Å². The van der Waals surface area contributed by atoms with Gasteiger partial charge in [-0.15, -0.1) is 0 Å². The number of hydrogen-bond acceptors (Lipinski definition) is 6. The van der Waals surface area contributed by atoms with Crippen molar-refractivity contribution in [1.82, 2.24) is 5.32 Å².